The Morgan fingerprint density at radius 2 is 1.14 bits per heavy atom. The highest BCUT2D eigenvalue weighted by molar-refractivity contribution is 5.76. The zero-order valence-corrected chi connectivity index (χ0v) is 28.2. The van der Waals surface area contributed by atoms with E-state index in [4.69, 9.17) is 9.47 Å². The first-order chi connectivity index (χ1) is 21.3. The predicted octanol–water partition coefficient (Wildman–Crippen LogP) is 5.66. The number of rotatable bonds is 29. The molecule has 2 unspecified atom stereocenters. The molecule has 9 nitrogen and oxygen atoms in total. The first-order valence-corrected chi connectivity index (χ1v) is 18.2. The van der Waals surface area contributed by atoms with Crippen LogP contribution < -0.4 is 5.32 Å². The monoisotopic (exact) mass is 632 g/mol. The Hall–Kier alpha value is -0.810. The third-order valence-corrected chi connectivity index (χ3v) is 8.96. The molecule has 6 N–H and O–H groups in total. The lowest BCUT2D eigenvalue weighted by Crippen LogP contribution is -2.60. The minimum Gasteiger partial charge on any atom is -0.394 e. The van der Waals surface area contributed by atoms with Crippen LogP contribution in [0.2, 0.25) is 0 Å². The van der Waals surface area contributed by atoms with Crippen molar-refractivity contribution in [3.05, 3.63) is 0 Å². The van der Waals surface area contributed by atoms with Gasteiger partial charge in [0.25, 0.3) is 0 Å². The lowest BCUT2D eigenvalue weighted by Gasteiger charge is -2.40. The highest BCUT2D eigenvalue weighted by Gasteiger charge is 2.44. The SMILES string of the molecule is CCCCCCCCCCCCC[C@@H](O)[C@H](CO[C@@H]1O[C@H](CO)[C@@H](O)C(O)C1O)NC(=O)CCCCCCCCCCCC. The quantitative estimate of drug-likeness (QED) is 0.0580. The maximum absolute atomic E-state index is 12.8. The van der Waals surface area contributed by atoms with Crippen LogP contribution in [0.25, 0.3) is 0 Å². The van der Waals surface area contributed by atoms with E-state index in [1.807, 2.05) is 0 Å². The van der Waals surface area contributed by atoms with Crippen LogP contribution in [-0.2, 0) is 14.3 Å². The molecule has 1 saturated heterocycles. The lowest BCUT2D eigenvalue weighted by atomic mass is 9.99. The highest BCUT2D eigenvalue weighted by Crippen LogP contribution is 2.23. The second kappa shape index (κ2) is 27.3. The van der Waals surface area contributed by atoms with E-state index in [2.05, 4.69) is 19.2 Å². The van der Waals surface area contributed by atoms with E-state index in [0.29, 0.717) is 12.8 Å². The Morgan fingerprint density at radius 3 is 1.61 bits per heavy atom. The Kier molecular flexibility index (Phi) is 25.6. The van der Waals surface area contributed by atoms with Crippen LogP contribution in [0.1, 0.15) is 162 Å². The number of hydrogen-bond acceptors (Lipinski definition) is 8. The van der Waals surface area contributed by atoms with Gasteiger partial charge in [0.05, 0.1) is 25.4 Å². The molecule has 9 heteroatoms. The maximum Gasteiger partial charge on any atom is 0.220 e. The van der Waals surface area contributed by atoms with E-state index in [0.717, 1.165) is 38.5 Å². The lowest BCUT2D eigenvalue weighted by molar-refractivity contribution is -0.302. The summed E-state index contributed by atoms with van der Waals surface area (Å²) >= 11 is 0. The van der Waals surface area contributed by atoms with Crippen molar-refractivity contribution in [3.8, 4) is 0 Å². The van der Waals surface area contributed by atoms with Gasteiger partial charge in [-0.05, 0) is 12.8 Å². The number of amides is 1. The molecule has 0 aliphatic carbocycles. The van der Waals surface area contributed by atoms with E-state index in [1.165, 1.54) is 96.3 Å². The van der Waals surface area contributed by atoms with Gasteiger partial charge in [0.1, 0.15) is 24.4 Å². The second-order valence-corrected chi connectivity index (χ2v) is 13.0. The average Bonchev–Trinajstić information content (AvgIpc) is 3.02. The Balaban J connectivity index is 2.46. The van der Waals surface area contributed by atoms with Crippen LogP contribution in [-0.4, -0.2) is 87.5 Å². The van der Waals surface area contributed by atoms with Gasteiger partial charge < -0.3 is 40.3 Å². The number of ether oxygens (including phenoxy) is 2. The summed E-state index contributed by atoms with van der Waals surface area (Å²) in [5, 5.41) is 53.9. The van der Waals surface area contributed by atoms with Crippen molar-refractivity contribution in [2.75, 3.05) is 13.2 Å². The molecule has 1 aliphatic rings. The standard InChI is InChI=1S/C35H69NO8/c1-3-5-7-9-11-13-15-16-18-20-22-24-29(38)28(27-43-35-34(42)33(41)32(40)30(26-37)44-35)36-31(39)25-23-21-19-17-14-12-10-8-6-4-2/h28-30,32-35,37-38,40-42H,3-27H2,1-2H3,(H,36,39)/t28-,29+,30+,32+,33?,34?,35+/m0/s1. The van der Waals surface area contributed by atoms with E-state index >= 15 is 0 Å². The Labute approximate surface area is 268 Å². The molecule has 7 atom stereocenters. The molecule has 44 heavy (non-hydrogen) atoms. The first-order valence-electron chi connectivity index (χ1n) is 18.2. The third-order valence-electron chi connectivity index (χ3n) is 8.96. The summed E-state index contributed by atoms with van der Waals surface area (Å²) in [7, 11) is 0. The summed E-state index contributed by atoms with van der Waals surface area (Å²) < 4.78 is 11.2. The molecule has 1 fully saturated rings. The Bertz CT molecular complexity index is 667. The fourth-order valence-electron chi connectivity index (χ4n) is 5.92. The molecule has 0 aromatic carbocycles. The topological polar surface area (TPSA) is 149 Å². The average molecular weight is 632 g/mol. The number of carbonyl (C=O) groups excluding carboxylic acids is 1. The molecular weight excluding hydrogens is 562 g/mol. The number of aliphatic hydroxyl groups excluding tert-OH is 5. The largest absolute Gasteiger partial charge is 0.394 e. The van der Waals surface area contributed by atoms with Gasteiger partial charge in [0.2, 0.25) is 5.91 Å². The molecule has 0 saturated carbocycles. The molecular formula is C35H69NO8. The first kappa shape index (κ1) is 41.2. The Morgan fingerprint density at radius 1 is 0.682 bits per heavy atom. The van der Waals surface area contributed by atoms with Crippen LogP contribution in [0.15, 0.2) is 0 Å². The minimum atomic E-state index is -1.54. The van der Waals surface area contributed by atoms with Crippen molar-refractivity contribution in [1.82, 2.24) is 5.32 Å². The van der Waals surface area contributed by atoms with Gasteiger partial charge in [-0.25, -0.2) is 0 Å². The summed E-state index contributed by atoms with van der Waals surface area (Å²) in [6.07, 6.45) is 18.3. The fraction of sp³-hybridized carbons (Fsp3) is 0.971. The summed E-state index contributed by atoms with van der Waals surface area (Å²) in [5.74, 6) is -0.148. The highest BCUT2D eigenvalue weighted by atomic mass is 16.7. The van der Waals surface area contributed by atoms with E-state index in [9.17, 15) is 30.3 Å². The van der Waals surface area contributed by atoms with Crippen molar-refractivity contribution < 1.29 is 39.8 Å². The predicted molar refractivity (Wildman–Crippen MR) is 175 cm³/mol. The van der Waals surface area contributed by atoms with Crippen LogP contribution >= 0.6 is 0 Å². The summed E-state index contributed by atoms with van der Waals surface area (Å²) in [6.45, 7) is 3.78. The van der Waals surface area contributed by atoms with Crippen LogP contribution in [0.3, 0.4) is 0 Å². The number of hydrogen-bond donors (Lipinski definition) is 6. The fourth-order valence-corrected chi connectivity index (χ4v) is 5.92. The molecule has 1 amide bonds. The van der Waals surface area contributed by atoms with Gasteiger partial charge in [-0.3, -0.25) is 4.79 Å². The van der Waals surface area contributed by atoms with E-state index in [1.54, 1.807) is 0 Å². The van der Waals surface area contributed by atoms with Crippen LogP contribution in [0, 0.1) is 0 Å². The van der Waals surface area contributed by atoms with Crippen molar-refractivity contribution in [2.24, 2.45) is 0 Å². The number of carbonyl (C=O) groups is 1. The summed E-state index contributed by atoms with van der Waals surface area (Å²) in [6, 6.07) is -0.707. The molecule has 1 aliphatic heterocycles. The van der Waals surface area contributed by atoms with Gasteiger partial charge in [0.15, 0.2) is 6.29 Å². The molecule has 0 bridgehead atoms. The molecule has 0 aromatic rings. The van der Waals surface area contributed by atoms with Crippen molar-refractivity contribution in [3.63, 3.8) is 0 Å². The van der Waals surface area contributed by atoms with Gasteiger partial charge in [-0.15, -0.1) is 0 Å². The van der Waals surface area contributed by atoms with E-state index in [-0.39, 0.29) is 12.5 Å². The van der Waals surface area contributed by atoms with Crippen molar-refractivity contribution >= 4 is 5.91 Å². The van der Waals surface area contributed by atoms with Gasteiger partial charge in [0, 0.05) is 6.42 Å². The van der Waals surface area contributed by atoms with Gasteiger partial charge in [-0.2, -0.15) is 0 Å². The smallest absolute Gasteiger partial charge is 0.220 e. The molecule has 0 radical (unpaired) electrons. The molecule has 0 aromatic heterocycles. The number of nitrogens with one attached hydrogen (secondary N) is 1. The zero-order valence-electron chi connectivity index (χ0n) is 28.2. The molecule has 262 valence electrons. The normalized spacial score (nSPS) is 23.5. The van der Waals surface area contributed by atoms with Crippen LogP contribution in [0.4, 0.5) is 0 Å². The van der Waals surface area contributed by atoms with Crippen molar-refractivity contribution in [1.29, 1.82) is 0 Å². The van der Waals surface area contributed by atoms with E-state index < -0.39 is 49.5 Å². The van der Waals surface area contributed by atoms with Gasteiger partial charge >= 0.3 is 0 Å². The van der Waals surface area contributed by atoms with Gasteiger partial charge in [-0.1, -0.05) is 142 Å². The minimum absolute atomic E-state index is 0.133. The van der Waals surface area contributed by atoms with Crippen molar-refractivity contribution in [2.45, 2.75) is 204 Å². The summed E-state index contributed by atoms with van der Waals surface area (Å²) in [4.78, 5) is 12.8. The maximum atomic E-state index is 12.8. The number of aliphatic hydroxyl groups is 5. The second-order valence-electron chi connectivity index (χ2n) is 13.0. The molecule has 1 rings (SSSR count). The third kappa shape index (κ3) is 19.0. The summed E-state index contributed by atoms with van der Waals surface area (Å²) in [5.41, 5.74) is 0. The zero-order chi connectivity index (χ0) is 32.4. The number of unbranched alkanes of at least 4 members (excludes halogenated alkanes) is 19. The van der Waals surface area contributed by atoms with Crippen LogP contribution in [0.5, 0.6) is 0 Å². The molecule has 0 spiro atoms. The molecule has 1 heterocycles.